The average molecular weight is 406 g/mol. The number of allylic oxidation sites excluding steroid dienone is 3. The number of rotatable bonds is 1. The van der Waals surface area contributed by atoms with E-state index in [0.717, 1.165) is 49.1 Å². The number of hydrogen-bond donors (Lipinski definition) is 2. The minimum Gasteiger partial charge on any atom is -0.411 e. The van der Waals surface area contributed by atoms with Crippen molar-refractivity contribution in [1.82, 2.24) is 4.98 Å². The summed E-state index contributed by atoms with van der Waals surface area (Å²) in [7, 11) is 0. The summed E-state index contributed by atoms with van der Waals surface area (Å²) < 4.78 is 0. The third kappa shape index (κ3) is 2.78. The van der Waals surface area contributed by atoms with Crippen LogP contribution < -0.4 is 0 Å². The van der Waals surface area contributed by atoms with Gasteiger partial charge in [-0.2, -0.15) is 0 Å². The molecular weight excluding hydrogens is 374 g/mol. The summed E-state index contributed by atoms with van der Waals surface area (Å²) in [5.74, 6) is 1.80. The monoisotopic (exact) mass is 405 g/mol. The van der Waals surface area contributed by atoms with Crippen molar-refractivity contribution >= 4 is 17.5 Å². The Bertz CT molecular complexity index is 964. The van der Waals surface area contributed by atoms with E-state index < -0.39 is 0 Å². The van der Waals surface area contributed by atoms with Crippen molar-refractivity contribution < 1.29 is 10.4 Å². The maximum Gasteiger partial charge on any atom is 0.0889 e. The SMILES string of the molecule is C[C@]12CCC(=NO)C=C1CC[C@@H]1[C@@H]2CC[C@]2(C)C(=NO)C(=Cc3ccncc3)C[C@@H]12. The van der Waals surface area contributed by atoms with Gasteiger partial charge in [0, 0.05) is 17.8 Å². The lowest BCUT2D eigenvalue weighted by atomic mass is 9.47. The Kier molecular flexibility index (Phi) is 4.60. The molecule has 0 bridgehead atoms. The summed E-state index contributed by atoms with van der Waals surface area (Å²) in [6.45, 7) is 4.76. The molecule has 5 heteroatoms. The molecule has 4 aliphatic carbocycles. The van der Waals surface area contributed by atoms with Crippen LogP contribution in [0.25, 0.3) is 6.08 Å². The molecule has 0 unspecified atom stereocenters. The van der Waals surface area contributed by atoms with Gasteiger partial charge in [0.2, 0.25) is 0 Å². The van der Waals surface area contributed by atoms with Gasteiger partial charge in [-0.1, -0.05) is 29.7 Å². The third-order valence-corrected chi connectivity index (χ3v) is 8.93. The summed E-state index contributed by atoms with van der Waals surface area (Å²) in [4.78, 5) is 4.12. The number of aromatic nitrogens is 1. The van der Waals surface area contributed by atoms with Crippen molar-refractivity contribution in [2.24, 2.45) is 38.9 Å². The topological polar surface area (TPSA) is 78.1 Å². The Morgan fingerprint density at radius 3 is 2.53 bits per heavy atom. The van der Waals surface area contributed by atoms with E-state index in [1.165, 1.54) is 24.0 Å². The molecule has 5 atom stereocenters. The molecule has 30 heavy (non-hydrogen) atoms. The van der Waals surface area contributed by atoms with Crippen LogP contribution >= 0.6 is 0 Å². The van der Waals surface area contributed by atoms with Crippen LogP contribution in [0.5, 0.6) is 0 Å². The molecule has 3 fully saturated rings. The van der Waals surface area contributed by atoms with Crippen LogP contribution in [0.1, 0.15) is 64.4 Å². The average Bonchev–Trinajstić information content (AvgIpc) is 3.04. The number of fused-ring (bicyclic) bond motifs is 5. The van der Waals surface area contributed by atoms with Crippen LogP contribution in [0.3, 0.4) is 0 Å². The molecule has 4 aliphatic rings. The van der Waals surface area contributed by atoms with E-state index in [1.54, 1.807) is 0 Å². The normalized spacial score (nSPS) is 42.0. The highest BCUT2D eigenvalue weighted by Gasteiger charge is 2.59. The fraction of sp³-hybridized carbons (Fsp3) is 0.560. The van der Waals surface area contributed by atoms with Gasteiger partial charge in [-0.3, -0.25) is 4.98 Å². The van der Waals surface area contributed by atoms with Crippen molar-refractivity contribution in [3.8, 4) is 0 Å². The first-order valence-corrected chi connectivity index (χ1v) is 11.2. The van der Waals surface area contributed by atoms with E-state index in [2.05, 4.69) is 41.3 Å². The Hall–Kier alpha value is -2.43. The maximum absolute atomic E-state index is 10.00. The number of pyridine rings is 1. The van der Waals surface area contributed by atoms with Crippen molar-refractivity contribution in [3.05, 3.63) is 47.3 Å². The Balaban J connectivity index is 1.50. The zero-order valence-electron chi connectivity index (χ0n) is 17.9. The first-order valence-electron chi connectivity index (χ1n) is 11.2. The van der Waals surface area contributed by atoms with E-state index in [9.17, 15) is 10.4 Å². The molecule has 0 radical (unpaired) electrons. The molecular formula is C25H31N3O2. The highest BCUT2D eigenvalue weighted by Crippen LogP contribution is 2.65. The van der Waals surface area contributed by atoms with Crippen LogP contribution in [-0.2, 0) is 0 Å². The van der Waals surface area contributed by atoms with Crippen molar-refractivity contribution in [1.29, 1.82) is 0 Å². The minimum atomic E-state index is -0.0568. The van der Waals surface area contributed by atoms with E-state index in [-0.39, 0.29) is 10.8 Å². The Labute approximate surface area is 178 Å². The summed E-state index contributed by atoms with van der Waals surface area (Å²) in [5, 5.41) is 26.6. The van der Waals surface area contributed by atoms with Crippen LogP contribution in [0.15, 0.2) is 52.1 Å². The number of oxime groups is 2. The van der Waals surface area contributed by atoms with E-state index >= 15 is 0 Å². The summed E-state index contributed by atoms with van der Waals surface area (Å²) in [5.41, 5.74) is 5.65. The van der Waals surface area contributed by atoms with Crippen LogP contribution in [0.4, 0.5) is 0 Å². The molecule has 1 aromatic heterocycles. The summed E-state index contributed by atoms with van der Waals surface area (Å²) in [6.07, 6.45) is 15.4. The Morgan fingerprint density at radius 2 is 1.80 bits per heavy atom. The van der Waals surface area contributed by atoms with Gasteiger partial charge in [0.05, 0.1) is 11.4 Å². The van der Waals surface area contributed by atoms with Gasteiger partial charge in [0.1, 0.15) is 0 Å². The van der Waals surface area contributed by atoms with Gasteiger partial charge in [-0.05, 0) is 104 Å². The predicted octanol–water partition coefficient (Wildman–Crippen LogP) is 5.70. The molecule has 0 aromatic carbocycles. The van der Waals surface area contributed by atoms with Crippen LogP contribution in [0.2, 0.25) is 0 Å². The molecule has 5 nitrogen and oxygen atoms in total. The third-order valence-electron chi connectivity index (χ3n) is 8.93. The van der Waals surface area contributed by atoms with Crippen LogP contribution in [0, 0.1) is 28.6 Å². The number of hydrogen-bond acceptors (Lipinski definition) is 5. The molecule has 0 aliphatic heterocycles. The Morgan fingerprint density at radius 1 is 1.00 bits per heavy atom. The zero-order chi connectivity index (χ0) is 20.9. The highest BCUT2D eigenvalue weighted by molar-refractivity contribution is 6.09. The quantitative estimate of drug-likeness (QED) is 0.465. The van der Waals surface area contributed by atoms with Gasteiger partial charge >= 0.3 is 0 Å². The lowest BCUT2D eigenvalue weighted by molar-refractivity contribution is -0.0151. The van der Waals surface area contributed by atoms with E-state index in [0.29, 0.717) is 17.8 Å². The predicted molar refractivity (Wildman–Crippen MR) is 118 cm³/mol. The fourth-order valence-corrected chi connectivity index (χ4v) is 7.31. The first kappa shape index (κ1) is 19.5. The van der Waals surface area contributed by atoms with Gasteiger partial charge in [0.15, 0.2) is 0 Å². The highest BCUT2D eigenvalue weighted by atomic mass is 16.4. The van der Waals surface area contributed by atoms with E-state index in [1.807, 2.05) is 24.5 Å². The summed E-state index contributed by atoms with van der Waals surface area (Å²) >= 11 is 0. The molecule has 5 rings (SSSR count). The molecule has 1 heterocycles. The van der Waals surface area contributed by atoms with Gasteiger partial charge in [-0.25, -0.2) is 0 Å². The fourth-order valence-electron chi connectivity index (χ4n) is 7.31. The van der Waals surface area contributed by atoms with Gasteiger partial charge in [0.25, 0.3) is 0 Å². The summed E-state index contributed by atoms with van der Waals surface area (Å²) in [6, 6.07) is 4.02. The molecule has 0 spiro atoms. The molecule has 0 saturated heterocycles. The smallest absolute Gasteiger partial charge is 0.0889 e. The van der Waals surface area contributed by atoms with Crippen LogP contribution in [-0.4, -0.2) is 26.8 Å². The minimum absolute atomic E-state index is 0.0568. The molecule has 2 N–H and O–H groups in total. The van der Waals surface area contributed by atoms with Crippen molar-refractivity contribution in [2.45, 2.75) is 58.8 Å². The molecule has 1 aromatic rings. The van der Waals surface area contributed by atoms with Gasteiger partial charge < -0.3 is 10.4 Å². The van der Waals surface area contributed by atoms with Gasteiger partial charge in [-0.15, -0.1) is 0 Å². The molecule has 0 amide bonds. The van der Waals surface area contributed by atoms with Crippen molar-refractivity contribution in [3.63, 3.8) is 0 Å². The second-order valence-electron chi connectivity index (χ2n) is 10.2. The largest absolute Gasteiger partial charge is 0.411 e. The molecule has 3 saturated carbocycles. The van der Waals surface area contributed by atoms with Crippen molar-refractivity contribution in [2.75, 3.05) is 0 Å². The second kappa shape index (κ2) is 7.07. The maximum atomic E-state index is 10.00. The first-order chi connectivity index (χ1) is 14.5. The standard InChI is InChI=1S/C25H31N3O2/c1-24-9-5-19(27-29)15-18(24)3-4-20-21(24)6-10-25(2)22(20)14-17(23(25)28-30)13-16-7-11-26-12-8-16/h7-8,11-13,15,20-22,29-30H,3-6,9-10,14H2,1-2H3/t20-,21+,22+,24+,25+/m1/s1. The molecule has 158 valence electrons. The lowest BCUT2D eigenvalue weighted by Gasteiger charge is -2.57. The zero-order valence-corrected chi connectivity index (χ0v) is 17.9. The lowest BCUT2D eigenvalue weighted by Crippen LogP contribution is -2.50. The van der Waals surface area contributed by atoms with E-state index in [4.69, 9.17) is 0 Å². The second-order valence-corrected chi connectivity index (χ2v) is 10.2. The number of nitrogens with zero attached hydrogens (tertiary/aromatic N) is 3.